The second-order valence-electron chi connectivity index (χ2n) is 4.61. The molecule has 0 spiro atoms. The molecule has 0 fully saturated rings. The van der Waals surface area contributed by atoms with Gasteiger partial charge >= 0.3 is 0 Å². The van der Waals surface area contributed by atoms with Crippen LogP contribution in [0.25, 0.3) is 0 Å². The van der Waals surface area contributed by atoms with Crippen LogP contribution in [0.15, 0.2) is 29.8 Å². The van der Waals surface area contributed by atoms with Crippen LogP contribution < -0.4 is 10.1 Å². The number of benzene rings is 1. The Bertz CT molecular complexity index is 567. The highest BCUT2D eigenvalue weighted by molar-refractivity contribution is 7.13. The van der Waals surface area contributed by atoms with Crippen LogP contribution in [-0.4, -0.2) is 17.5 Å². The number of carbonyl (C=O) groups is 1. The first-order valence-electron chi connectivity index (χ1n) is 6.54. The monoisotopic (exact) mass is 290 g/mol. The maximum atomic E-state index is 11.6. The second kappa shape index (κ2) is 7.05. The Labute approximate surface area is 122 Å². The van der Waals surface area contributed by atoms with Crippen molar-refractivity contribution in [3.05, 3.63) is 40.9 Å². The van der Waals surface area contributed by atoms with Crippen LogP contribution in [0.2, 0.25) is 0 Å². The van der Waals surface area contributed by atoms with Crippen molar-refractivity contribution >= 4 is 22.4 Å². The molecule has 0 saturated heterocycles. The number of rotatable bonds is 6. The number of hydrogen-bond acceptors (Lipinski definition) is 4. The van der Waals surface area contributed by atoms with Crippen molar-refractivity contribution in [2.45, 2.75) is 26.7 Å². The number of thiazole rings is 1. The number of carbonyl (C=O) groups excluding carboxylic acids is 1. The Morgan fingerprint density at radius 2 is 2.25 bits per heavy atom. The van der Waals surface area contributed by atoms with Gasteiger partial charge in [-0.2, -0.15) is 0 Å². The van der Waals surface area contributed by atoms with Crippen LogP contribution in [0.3, 0.4) is 0 Å². The van der Waals surface area contributed by atoms with Crippen molar-refractivity contribution in [1.82, 2.24) is 4.98 Å². The number of hydrogen-bond donors (Lipinski definition) is 1. The molecule has 0 radical (unpaired) electrons. The minimum absolute atomic E-state index is 0.0236. The van der Waals surface area contributed by atoms with Crippen LogP contribution in [0.4, 0.5) is 5.13 Å². The maximum Gasteiger partial charge on any atom is 0.226 e. The number of nitrogens with one attached hydrogen (secondary N) is 1. The molecule has 0 unspecified atom stereocenters. The minimum atomic E-state index is -0.0236. The molecule has 0 atom stereocenters. The standard InChI is InChI=1S/C15H18N2O2S/c1-11-5-6-12(2)13(10-11)19-8-3-4-14(18)17-15-16-7-9-20-15/h5-7,9-10H,3-4,8H2,1-2H3,(H,16,17,18). The summed E-state index contributed by atoms with van der Waals surface area (Å²) in [5, 5.41) is 5.23. The molecule has 4 nitrogen and oxygen atoms in total. The fourth-order valence-corrected chi connectivity index (χ4v) is 2.29. The topological polar surface area (TPSA) is 51.2 Å². The summed E-state index contributed by atoms with van der Waals surface area (Å²) < 4.78 is 5.71. The number of aromatic nitrogens is 1. The van der Waals surface area contributed by atoms with Crippen LogP contribution in [-0.2, 0) is 4.79 Å². The molecule has 1 aromatic carbocycles. The third-order valence-electron chi connectivity index (χ3n) is 2.83. The summed E-state index contributed by atoms with van der Waals surface area (Å²) in [5.74, 6) is 0.870. The molecule has 2 aromatic rings. The zero-order valence-electron chi connectivity index (χ0n) is 11.7. The molecular formula is C15H18N2O2S. The van der Waals surface area contributed by atoms with Gasteiger partial charge in [-0.1, -0.05) is 12.1 Å². The van der Waals surface area contributed by atoms with Gasteiger partial charge in [0.05, 0.1) is 6.61 Å². The van der Waals surface area contributed by atoms with Crippen molar-refractivity contribution in [3.8, 4) is 5.75 Å². The third-order valence-corrected chi connectivity index (χ3v) is 3.52. The third kappa shape index (κ3) is 4.35. The largest absolute Gasteiger partial charge is 0.493 e. The summed E-state index contributed by atoms with van der Waals surface area (Å²) in [6.45, 7) is 4.59. The summed E-state index contributed by atoms with van der Waals surface area (Å²) in [4.78, 5) is 15.7. The molecule has 1 heterocycles. The van der Waals surface area contributed by atoms with Crippen molar-refractivity contribution in [3.63, 3.8) is 0 Å². The number of amides is 1. The molecule has 106 valence electrons. The Morgan fingerprint density at radius 1 is 1.40 bits per heavy atom. The predicted molar refractivity (Wildman–Crippen MR) is 81.4 cm³/mol. The van der Waals surface area contributed by atoms with Crippen LogP contribution in [0, 0.1) is 13.8 Å². The molecule has 2 rings (SSSR count). The van der Waals surface area contributed by atoms with Crippen molar-refractivity contribution < 1.29 is 9.53 Å². The fourth-order valence-electron chi connectivity index (χ4n) is 1.74. The van der Waals surface area contributed by atoms with Gasteiger partial charge in [0.15, 0.2) is 5.13 Å². The molecule has 1 amide bonds. The Hall–Kier alpha value is -1.88. The van der Waals surface area contributed by atoms with E-state index in [1.807, 2.05) is 31.4 Å². The molecule has 0 aliphatic heterocycles. The first-order valence-corrected chi connectivity index (χ1v) is 7.42. The Morgan fingerprint density at radius 3 is 3.00 bits per heavy atom. The summed E-state index contributed by atoms with van der Waals surface area (Å²) in [5.41, 5.74) is 2.29. The highest BCUT2D eigenvalue weighted by Gasteiger charge is 2.05. The van der Waals surface area contributed by atoms with Gasteiger partial charge in [-0.15, -0.1) is 11.3 Å². The minimum Gasteiger partial charge on any atom is -0.493 e. The van der Waals surface area contributed by atoms with Gasteiger partial charge in [0, 0.05) is 18.0 Å². The molecule has 0 saturated carbocycles. The van der Waals surface area contributed by atoms with E-state index in [2.05, 4.69) is 16.4 Å². The van der Waals surface area contributed by atoms with Crippen molar-refractivity contribution in [2.24, 2.45) is 0 Å². The number of anilines is 1. The van der Waals surface area contributed by atoms with E-state index in [4.69, 9.17) is 4.74 Å². The molecule has 5 heteroatoms. The van der Waals surface area contributed by atoms with E-state index in [9.17, 15) is 4.79 Å². The normalized spacial score (nSPS) is 10.3. The van der Waals surface area contributed by atoms with E-state index in [0.29, 0.717) is 24.6 Å². The van der Waals surface area contributed by atoms with Gasteiger partial charge < -0.3 is 10.1 Å². The van der Waals surface area contributed by atoms with Gasteiger partial charge in [0.1, 0.15) is 5.75 Å². The van der Waals surface area contributed by atoms with Crippen LogP contribution in [0.1, 0.15) is 24.0 Å². The number of ether oxygens (including phenoxy) is 1. The quantitative estimate of drug-likeness (QED) is 0.828. The number of aryl methyl sites for hydroxylation is 2. The number of nitrogens with zero attached hydrogens (tertiary/aromatic N) is 1. The predicted octanol–water partition coefficient (Wildman–Crippen LogP) is 3.56. The lowest BCUT2D eigenvalue weighted by Crippen LogP contribution is -2.12. The van der Waals surface area contributed by atoms with Gasteiger partial charge in [-0.05, 0) is 37.5 Å². The van der Waals surface area contributed by atoms with Crippen LogP contribution >= 0.6 is 11.3 Å². The van der Waals surface area contributed by atoms with Gasteiger partial charge in [0.2, 0.25) is 5.91 Å². The van der Waals surface area contributed by atoms with Crippen molar-refractivity contribution in [1.29, 1.82) is 0 Å². The zero-order chi connectivity index (χ0) is 14.4. The summed E-state index contributed by atoms with van der Waals surface area (Å²) in [7, 11) is 0. The Balaban J connectivity index is 1.71. The molecule has 20 heavy (non-hydrogen) atoms. The van der Waals surface area contributed by atoms with E-state index >= 15 is 0 Å². The molecule has 0 aliphatic carbocycles. The smallest absolute Gasteiger partial charge is 0.226 e. The maximum absolute atomic E-state index is 11.6. The zero-order valence-corrected chi connectivity index (χ0v) is 12.5. The molecular weight excluding hydrogens is 272 g/mol. The van der Waals surface area contributed by atoms with E-state index in [0.717, 1.165) is 11.3 Å². The molecule has 1 N–H and O–H groups in total. The highest BCUT2D eigenvalue weighted by atomic mass is 32.1. The lowest BCUT2D eigenvalue weighted by molar-refractivity contribution is -0.116. The molecule has 0 aliphatic rings. The first-order chi connectivity index (χ1) is 9.65. The summed E-state index contributed by atoms with van der Waals surface area (Å²) >= 11 is 1.42. The summed E-state index contributed by atoms with van der Waals surface area (Å²) in [6, 6.07) is 6.12. The average Bonchev–Trinajstić information content (AvgIpc) is 2.91. The van der Waals surface area contributed by atoms with Gasteiger partial charge in [-0.25, -0.2) is 4.98 Å². The lowest BCUT2D eigenvalue weighted by Gasteiger charge is -2.09. The SMILES string of the molecule is Cc1ccc(C)c(OCCCC(=O)Nc2nccs2)c1. The van der Waals surface area contributed by atoms with Gasteiger partial charge in [0.25, 0.3) is 0 Å². The van der Waals surface area contributed by atoms with Crippen molar-refractivity contribution in [2.75, 3.05) is 11.9 Å². The van der Waals surface area contributed by atoms with E-state index in [1.165, 1.54) is 16.9 Å². The van der Waals surface area contributed by atoms with Gasteiger partial charge in [-0.3, -0.25) is 4.79 Å². The van der Waals surface area contributed by atoms with Crippen LogP contribution in [0.5, 0.6) is 5.75 Å². The van der Waals surface area contributed by atoms with E-state index in [1.54, 1.807) is 6.20 Å². The Kier molecular flexibility index (Phi) is 5.12. The highest BCUT2D eigenvalue weighted by Crippen LogP contribution is 2.19. The summed E-state index contributed by atoms with van der Waals surface area (Å²) in [6.07, 6.45) is 2.79. The molecule has 0 bridgehead atoms. The molecule has 1 aromatic heterocycles. The van der Waals surface area contributed by atoms with E-state index < -0.39 is 0 Å². The average molecular weight is 290 g/mol. The lowest BCUT2D eigenvalue weighted by atomic mass is 10.1. The first kappa shape index (κ1) is 14.5. The second-order valence-corrected chi connectivity index (χ2v) is 5.50. The fraction of sp³-hybridized carbons (Fsp3) is 0.333. The van der Waals surface area contributed by atoms with E-state index in [-0.39, 0.29) is 5.91 Å².